The van der Waals surface area contributed by atoms with Crippen molar-refractivity contribution >= 4 is 34.9 Å². The molecule has 2 heterocycles. The zero-order chi connectivity index (χ0) is 19.9. The number of hydrogen-bond acceptors (Lipinski definition) is 4. The van der Waals surface area contributed by atoms with Crippen molar-refractivity contribution < 1.29 is 9.59 Å². The van der Waals surface area contributed by atoms with Crippen LogP contribution in [0, 0.1) is 6.92 Å². The lowest BCUT2D eigenvalue weighted by Crippen LogP contribution is -2.49. The molecule has 1 aromatic heterocycles. The van der Waals surface area contributed by atoms with Gasteiger partial charge in [-0.05, 0) is 43.2 Å². The maximum Gasteiger partial charge on any atom is 0.224 e. The number of pyridine rings is 1. The van der Waals surface area contributed by atoms with Gasteiger partial charge < -0.3 is 15.1 Å². The fraction of sp³-hybridized carbons (Fsp3) is 0.381. The summed E-state index contributed by atoms with van der Waals surface area (Å²) in [6.45, 7) is 4.83. The Morgan fingerprint density at radius 2 is 1.89 bits per heavy atom. The SMILES string of the molecule is Cc1ccc(NC(=O)CCCC(=O)N2CCN(c3ccccn3)CC2)cc1Cl. The van der Waals surface area contributed by atoms with Crippen LogP contribution in [0.5, 0.6) is 0 Å². The molecule has 2 aromatic rings. The second-order valence-corrected chi connectivity index (χ2v) is 7.33. The molecular formula is C21H25ClN4O2. The molecule has 6 nitrogen and oxygen atoms in total. The fourth-order valence-corrected chi connectivity index (χ4v) is 3.36. The maximum atomic E-state index is 12.4. The highest BCUT2D eigenvalue weighted by molar-refractivity contribution is 6.31. The van der Waals surface area contributed by atoms with Gasteiger partial charge in [0.2, 0.25) is 11.8 Å². The molecule has 1 N–H and O–H groups in total. The van der Waals surface area contributed by atoms with Crippen LogP contribution >= 0.6 is 11.6 Å². The smallest absolute Gasteiger partial charge is 0.224 e. The summed E-state index contributed by atoms with van der Waals surface area (Å²) >= 11 is 6.07. The van der Waals surface area contributed by atoms with E-state index in [0.717, 1.165) is 24.5 Å². The Morgan fingerprint density at radius 1 is 1.11 bits per heavy atom. The standard InChI is InChI=1S/C21H25ClN4O2/c1-16-8-9-17(15-18(16)22)24-20(27)6-4-7-21(28)26-13-11-25(12-14-26)19-5-2-3-10-23-19/h2-3,5,8-10,15H,4,6-7,11-14H2,1H3,(H,24,27). The Morgan fingerprint density at radius 3 is 2.57 bits per heavy atom. The van der Waals surface area contributed by atoms with Crippen LogP contribution in [0.15, 0.2) is 42.6 Å². The molecule has 0 radical (unpaired) electrons. The molecule has 0 atom stereocenters. The molecule has 148 valence electrons. The highest BCUT2D eigenvalue weighted by atomic mass is 35.5. The van der Waals surface area contributed by atoms with E-state index in [1.807, 2.05) is 42.2 Å². The number of aryl methyl sites for hydroxylation is 1. The number of hydrogen-bond donors (Lipinski definition) is 1. The third-order valence-corrected chi connectivity index (χ3v) is 5.26. The van der Waals surface area contributed by atoms with Crippen LogP contribution in [0.25, 0.3) is 0 Å². The molecule has 1 aliphatic rings. The first-order valence-corrected chi connectivity index (χ1v) is 9.90. The van der Waals surface area contributed by atoms with Crippen molar-refractivity contribution in [1.29, 1.82) is 0 Å². The lowest BCUT2D eigenvalue weighted by atomic mass is 10.2. The van der Waals surface area contributed by atoms with Gasteiger partial charge in [-0.1, -0.05) is 23.7 Å². The number of halogens is 1. The highest BCUT2D eigenvalue weighted by Gasteiger charge is 2.21. The van der Waals surface area contributed by atoms with Crippen LogP contribution in [-0.2, 0) is 9.59 Å². The Labute approximate surface area is 170 Å². The van der Waals surface area contributed by atoms with Gasteiger partial charge in [-0.3, -0.25) is 9.59 Å². The minimum absolute atomic E-state index is 0.104. The average molecular weight is 401 g/mol. The molecule has 7 heteroatoms. The van der Waals surface area contributed by atoms with E-state index in [1.165, 1.54) is 0 Å². The number of aromatic nitrogens is 1. The third kappa shape index (κ3) is 5.45. The number of carbonyl (C=O) groups is 2. The lowest BCUT2D eigenvalue weighted by molar-refractivity contribution is -0.131. The van der Waals surface area contributed by atoms with Crippen molar-refractivity contribution in [2.45, 2.75) is 26.2 Å². The largest absolute Gasteiger partial charge is 0.353 e. The number of amides is 2. The molecule has 28 heavy (non-hydrogen) atoms. The van der Waals surface area contributed by atoms with Crippen LogP contribution in [0.4, 0.5) is 11.5 Å². The number of piperazine rings is 1. The van der Waals surface area contributed by atoms with Crippen molar-refractivity contribution in [3.8, 4) is 0 Å². The predicted molar refractivity (Wildman–Crippen MR) is 112 cm³/mol. The van der Waals surface area contributed by atoms with E-state index in [-0.39, 0.29) is 11.8 Å². The molecule has 0 aliphatic carbocycles. The van der Waals surface area contributed by atoms with Gasteiger partial charge in [0, 0.05) is 55.9 Å². The first-order chi connectivity index (χ1) is 13.5. The van der Waals surface area contributed by atoms with E-state index in [1.54, 1.807) is 12.3 Å². The molecule has 3 rings (SSSR count). The van der Waals surface area contributed by atoms with Crippen LogP contribution in [0.2, 0.25) is 5.02 Å². The van der Waals surface area contributed by atoms with Crippen LogP contribution in [0.3, 0.4) is 0 Å². The highest BCUT2D eigenvalue weighted by Crippen LogP contribution is 2.20. The molecule has 0 unspecified atom stereocenters. The Hall–Kier alpha value is -2.60. The van der Waals surface area contributed by atoms with Gasteiger partial charge in [0.15, 0.2) is 0 Å². The number of benzene rings is 1. The summed E-state index contributed by atoms with van der Waals surface area (Å²) in [4.78, 5) is 32.9. The summed E-state index contributed by atoms with van der Waals surface area (Å²) in [6, 6.07) is 11.3. The van der Waals surface area contributed by atoms with Crippen molar-refractivity contribution in [2.24, 2.45) is 0 Å². The number of anilines is 2. The van der Waals surface area contributed by atoms with Gasteiger partial charge >= 0.3 is 0 Å². The van der Waals surface area contributed by atoms with Gasteiger partial charge in [-0.15, -0.1) is 0 Å². The monoisotopic (exact) mass is 400 g/mol. The first-order valence-electron chi connectivity index (χ1n) is 9.52. The lowest BCUT2D eigenvalue weighted by Gasteiger charge is -2.35. The molecule has 0 saturated carbocycles. The molecule has 2 amide bonds. The Kier molecular flexibility index (Phi) is 6.87. The summed E-state index contributed by atoms with van der Waals surface area (Å²) in [6.07, 6.45) is 3.00. The van der Waals surface area contributed by atoms with Crippen LogP contribution < -0.4 is 10.2 Å². The molecule has 0 spiro atoms. The Bertz CT molecular complexity index is 820. The molecule has 1 aliphatic heterocycles. The van der Waals surface area contributed by atoms with Crippen molar-refractivity contribution in [3.05, 3.63) is 53.2 Å². The van der Waals surface area contributed by atoms with E-state index < -0.39 is 0 Å². The minimum Gasteiger partial charge on any atom is -0.353 e. The third-order valence-electron chi connectivity index (χ3n) is 4.86. The zero-order valence-corrected chi connectivity index (χ0v) is 16.8. The van der Waals surface area contributed by atoms with Crippen LogP contribution in [-0.4, -0.2) is 47.9 Å². The fourth-order valence-electron chi connectivity index (χ4n) is 3.18. The molecule has 0 bridgehead atoms. The van der Waals surface area contributed by atoms with Crippen molar-refractivity contribution in [3.63, 3.8) is 0 Å². The van der Waals surface area contributed by atoms with Gasteiger partial charge in [0.1, 0.15) is 5.82 Å². The van der Waals surface area contributed by atoms with Gasteiger partial charge in [0.25, 0.3) is 0 Å². The normalized spacial score (nSPS) is 14.1. The topological polar surface area (TPSA) is 65.5 Å². The molecular weight excluding hydrogens is 376 g/mol. The first kappa shape index (κ1) is 20.1. The summed E-state index contributed by atoms with van der Waals surface area (Å²) < 4.78 is 0. The average Bonchev–Trinajstić information content (AvgIpc) is 2.71. The van der Waals surface area contributed by atoms with Gasteiger partial charge in [-0.25, -0.2) is 4.98 Å². The number of rotatable bonds is 6. The maximum absolute atomic E-state index is 12.4. The van der Waals surface area contributed by atoms with E-state index >= 15 is 0 Å². The zero-order valence-electron chi connectivity index (χ0n) is 16.0. The van der Waals surface area contributed by atoms with Gasteiger partial charge in [0.05, 0.1) is 0 Å². The molecule has 1 fully saturated rings. The van der Waals surface area contributed by atoms with Crippen molar-refractivity contribution in [1.82, 2.24) is 9.88 Å². The number of nitrogens with one attached hydrogen (secondary N) is 1. The number of nitrogens with zero attached hydrogens (tertiary/aromatic N) is 3. The van der Waals surface area contributed by atoms with Crippen molar-refractivity contribution in [2.75, 3.05) is 36.4 Å². The van der Waals surface area contributed by atoms with Crippen LogP contribution in [0.1, 0.15) is 24.8 Å². The summed E-state index contributed by atoms with van der Waals surface area (Å²) in [7, 11) is 0. The summed E-state index contributed by atoms with van der Waals surface area (Å²) in [5.74, 6) is 0.946. The second-order valence-electron chi connectivity index (χ2n) is 6.92. The van der Waals surface area contributed by atoms with E-state index in [9.17, 15) is 9.59 Å². The van der Waals surface area contributed by atoms with Gasteiger partial charge in [-0.2, -0.15) is 0 Å². The van der Waals surface area contributed by atoms with E-state index in [0.29, 0.717) is 43.1 Å². The second kappa shape index (κ2) is 9.55. The molecule has 1 aromatic carbocycles. The minimum atomic E-state index is -0.104. The molecule has 1 saturated heterocycles. The van der Waals surface area contributed by atoms with E-state index in [4.69, 9.17) is 11.6 Å². The number of carbonyl (C=O) groups excluding carboxylic acids is 2. The van der Waals surface area contributed by atoms with E-state index in [2.05, 4.69) is 15.2 Å². The predicted octanol–water partition coefficient (Wildman–Crippen LogP) is 3.50. The summed E-state index contributed by atoms with van der Waals surface area (Å²) in [5, 5.41) is 3.45. The Balaban J connectivity index is 1.37. The summed E-state index contributed by atoms with van der Waals surface area (Å²) in [5.41, 5.74) is 1.64. The quantitative estimate of drug-likeness (QED) is 0.805.